The average Bonchev–Trinajstić information content (AvgIpc) is 2.43. The Kier molecular flexibility index (Phi) is 5.10. The van der Waals surface area contributed by atoms with Crippen LogP contribution in [0.25, 0.3) is 0 Å². The Labute approximate surface area is 112 Å². The van der Waals surface area contributed by atoms with E-state index in [1.807, 2.05) is 0 Å². The maximum absolute atomic E-state index is 11.7. The van der Waals surface area contributed by atoms with Gasteiger partial charge in [0.1, 0.15) is 5.78 Å². The highest BCUT2D eigenvalue weighted by Crippen LogP contribution is 2.19. The third-order valence-corrected chi connectivity index (χ3v) is 2.31. The molecular formula is C14H16O5. The molecule has 0 aliphatic carbocycles. The van der Waals surface area contributed by atoms with Gasteiger partial charge in [0.2, 0.25) is 6.10 Å². The van der Waals surface area contributed by atoms with Gasteiger partial charge in [-0.15, -0.1) is 0 Å². The fourth-order valence-electron chi connectivity index (χ4n) is 1.38. The second-order valence-electron chi connectivity index (χ2n) is 3.86. The quantitative estimate of drug-likeness (QED) is 0.734. The number of Topliss-reactive ketones (excluding diaryl/α,β-unsaturated/α-hetero) is 1. The van der Waals surface area contributed by atoms with Gasteiger partial charge in [-0.25, -0.2) is 4.79 Å². The molecule has 0 fully saturated rings. The number of hydrogen-bond acceptors (Lipinski definition) is 5. The molecule has 0 aliphatic heterocycles. The Balaban J connectivity index is 2.84. The smallest absolute Gasteiger partial charge is 0.351 e. The van der Waals surface area contributed by atoms with Crippen molar-refractivity contribution in [3.8, 4) is 0 Å². The van der Waals surface area contributed by atoms with Gasteiger partial charge < -0.3 is 14.3 Å². The van der Waals surface area contributed by atoms with Crippen LogP contribution in [0.15, 0.2) is 30.3 Å². The molecule has 5 nitrogen and oxygen atoms in total. The van der Waals surface area contributed by atoms with Crippen LogP contribution in [0.4, 0.5) is 0 Å². The minimum absolute atomic E-state index is 0.248. The van der Waals surface area contributed by atoms with E-state index in [4.69, 9.17) is 6.11 Å². The Morgan fingerprint density at radius 1 is 1.26 bits per heavy atom. The molecule has 0 unspecified atom stereocenters. The highest BCUT2D eigenvalue weighted by Gasteiger charge is 2.25. The Hall–Kier alpha value is -2.17. The minimum Gasteiger partial charge on any atom is -0.466 e. The van der Waals surface area contributed by atoms with Gasteiger partial charge in [0.05, 0.1) is 13.5 Å². The first-order chi connectivity index (χ1) is 9.45. The summed E-state index contributed by atoms with van der Waals surface area (Å²) < 4.78 is 17.1. The number of carbonyl (C=O) groups is 3. The highest BCUT2D eigenvalue weighted by molar-refractivity contribution is 5.83. The summed E-state index contributed by atoms with van der Waals surface area (Å²) in [5.41, 5.74) is 0.447. The summed E-state index contributed by atoms with van der Waals surface area (Å²) in [6.07, 6.45) is -2.82. The summed E-state index contributed by atoms with van der Waals surface area (Å²) in [7, 11) is 1.18. The van der Waals surface area contributed by atoms with Crippen LogP contribution in [0.2, 0.25) is 0 Å². The van der Waals surface area contributed by atoms with Crippen molar-refractivity contribution < 1.29 is 25.2 Å². The molecule has 0 aliphatic rings. The Morgan fingerprint density at radius 2 is 1.89 bits per heavy atom. The van der Waals surface area contributed by atoms with E-state index in [1.165, 1.54) is 14.0 Å². The predicted octanol–water partition coefficient (Wildman–Crippen LogP) is 1.81. The summed E-state index contributed by atoms with van der Waals surface area (Å²) in [4.78, 5) is 34.3. The normalized spacial score (nSPS) is 13.9. The third-order valence-electron chi connectivity index (χ3n) is 2.31. The second-order valence-corrected chi connectivity index (χ2v) is 3.86. The van der Waals surface area contributed by atoms with Crippen LogP contribution >= 0.6 is 0 Å². The monoisotopic (exact) mass is 265 g/mol. The van der Waals surface area contributed by atoms with Crippen LogP contribution in [-0.4, -0.2) is 24.8 Å². The van der Waals surface area contributed by atoms with Gasteiger partial charge in [0.25, 0.3) is 0 Å². The minimum atomic E-state index is -1.34. The number of benzene rings is 1. The summed E-state index contributed by atoms with van der Waals surface area (Å²) in [6, 6.07) is 8.35. The lowest BCUT2D eigenvalue weighted by molar-refractivity contribution is -0.166. The number of rotatable bonds is 6. The fraction of sp³-hybridized carbons (Fsp3) is 0.357. The van der Waals surface area contributed by atoms with E-state index in [9.17, 15) is 14.4 Å². The molecule has 0 N–H and O–H groups in total. The molecule has 2 atom stereocenters. The van der Waals surface area contributed by atoms with Gasteiger partial charge in [-0.05, 0) is 6.92 Å². The van der Waals surface area contributed by atoms with Crippen LogP contribution in [0, 0.1) is 0 Å². The Morgan fingerprint density at radius 3 is 2.42 bits per heavy atom. The SMILES string of the molecule is [2H][C@@H](CC(C)=O)C(=O)O[C@H](C(=O)OC)c1ccccc1. The fourth-order valence-corrected chi connectivity index (χ4v) is 1.38. The first kappa shape index (κ1) is 13.3. The third kappa shape index (κ3) is 4.91. The van der Waals surface area contributed by atoms with Crippen molar-refractivity contribution in [2.75, 3.05) is 7.11 Å². The van der Waals surface area contributed by atoms with Crippen molar-refractivity contribution in [1.29, 1.82) is 0 Å². The Bertz CT molecular complexity index is 486. The molecule has 1 aromatic carbocycles. The number of methoxy groups -OCH3 is 1. The number of ether oxygens (including phenoxy) is 2. The van der Waals surface area contributed by atoms with Crippen molar-refractivity contribution in [2.24, 2.45) is 0 Å². The summed E-state index contributed by atoms with van der Waals surface area (Å²) in [6.45, 7) is 1.28. The summed E-state index contributed by atoms with van der Waals surface area (Å²) in [5, 5.41) is 0. The van der Waals surface area contributed by atoms with Crippen molar-refractivity contribution in [1.82, 2.24) is 0 Å². The number of esters is 2. The van der Waals surface area contributed by atoms with E-state index < -0.39 is 24.4 Å². The molecule has 0 spiro atoms. The molecule has 102 valence electrons. The van der Waals surface area contributed by atoms with Crippen LogP contribution in [0.5, 0.6) is 0 Å². The molecule has 0 radical (unpaired) electrons. The van der Waals surface area contributed by atoms with E-state index in [0.29, 0.717) is 5.56 Å². The van der Waals surface area contributed by atoms with Crippen LogP contribution in [0.3, 0.4) is 0 Å². The van der Waals surface area contributed by atoms with Gasteiger partial charge in [-0.1, -0.05) is 30.3 Å². The largest absolute Gasteiger partial charge is 0.466 e. The standard InChI is InChI=1S/C14H16O5/c1-10(15)8-9-12(16)19-13(14(17)18-2)11-6-4-3-5-7-11/h3-7,13H,8-9H2,1-2H3/t13-/m0/s1/i9D/t9-,13-. The lowest BCUT2D eigenvalue weighted by Crippen LogP contribution is -2.21. The maximum Gasteiger partial charge on any atom is 0.351 e. The molecule has 0 heterocycles. The zero-order valence-electron chi connectivity index (χ0n) is 11.8. The van der Waals surface area contributed by atoms with Gasteiger partial charge in [-0.3, -0.25) is 4.79 Å². The van der Waals surface area contributed by atoms with Gasteiger partial charge in [0, 0.05) is 13.4 Å². The predicted molar refractivity (Wildman–Crippen MR) is 67.2 cm³/mol. The molecule has 19 heavy (non-hydrogen) atoms. The van der Waals surface area contributed by atoms with Crippen LogP contribution < -0.4 is 0 Å². The number of carbonyl (C=O) groups excluding carboxylic acids is 3. The zero-order chi connectivity index (χ0) is 15.1. The molecule has 0 amide bonds. The van der Waals surface area contributed by atoms with Crippen molar-refractivity contribution in [3.63, 3.8) is 0 Å². The lowest BCUT2D eigenvalue weighted by Gasteiger charge is -2.15. The van der Waals surface area contributed by atoms with Gasteiger partial charge >= 0.3 is 11.9 Å². The summed E-state index contributed by atoms with van der Waals surface area (Å²) in [5.74, 6) is -1.96. The van der Waals surface area contributed by atoms with Gasteiger partial charge in [-0.2, -0.15) is 0 Å². The first-order valence-electron chi connectivity index (χ1n) is 6.28. The topological polar surface area (TPSA) is 69.7 Å². The van der Waals surface area contributed by atoms with E-state index in [1.54, 1.807) is 30.3 Å². The first-order valence-corrected chi connectivity index (χ1v) is 5.70. The van der Waals surface area contributed by atoms with E-state index >= 15 is 0 Å². The lowest BCUT2D eigenvalue weighted by atomic mass is 10.1. The number of hydrogen-bond donors (Lipinski definition) is 0. The molecule has 0 aromatic heterocycles. The summed E-state index contributed by atoms with van der Waals surface area (Å²) >= 11 is 0. The van der Waals surface area contributed by atoms with Crippen molar-refractivity contribution in [2.45, 2.75) is 25.8 Å². The molecule has 0 saturated carbocycles. The molecule has 5 heteroatoms. The second kappa shape index (κ2) is 7.31. The van der Waals surface area contributed by atoms with Crippen molar-refractivity contribution >= 4 is 17.7 Å². The van der Waals surface area contributed by atoms with Crippen LogP contribution in [0.1, 0.15) is 32.8 Å². The molecule has 0 bridgehead atoms. The zero-order valence-corrected chi connectivity index (χ0v) is 10.8. The molecular weight excluding hydrogens is 248 g/mol. The maximum atomic E-state index is 11.7. The van der Waals surface area contributed by atoms with Crippen molar-refractivity contribution in [3.05, 3.63) is 35.9 Å². The molecule has 0 saturated heterocycles. The highest BCUT2D eigenvalue weighted by atomic mass is 16.6. The van der Waals surface area contributed by atoms with E-state index in [2.05, 4.69) is 4.74 Å². The average molecular weight is 265 g/mol. The van der Waals surface area contributed by atoms with Crippen LogP contribution in [-0.2, 0) is 23.9 Å². The van der Waals surface area contributed by atoms with E-state index in [0.717, 1.165) is 0 Å². The molecule has 1 aromatic rings. The van der Waals surface area contributed by atoms with Gasteiger partial charge in [0.15, 0.2) is 0 Å². The number of ketones is 1. The molecule has 1 rings (SSSR count). The van der Waals surface area contributed by atoms with E-state index in [-0.39, 0.29) is 12.2 Å².